The molecular formula is C41H29N5. The van der Waals surface area contributed by atoms with Crippen LogP contribution in [0.1, 0.15) is 6.92 Å². The van der Waals surface area contributed by atoms with Crippen LogP contribution in [0, 0.1) is 0 Å². The molecule has 3 heterocycles. The molecule has 0 N–H and O–H groups in total. The van der Waals surface area contributed by atoms with Crippen molar-refractivity contribution < 1.29 is 0 Å². The summed E-state index contributed by atoms with van der Waals surface area (Å²) < 4.78 is 4.78. The molecule has 0 saturated carbocycles. The van der Waals surface area contributed by atoms with E-state index in [9.17, 15) is 0 Å². The Kier molecular flexibility index (Phi) is 6.03. The van der Waals surface area contributed by atoms with E-state index in [1.807, 2.05) is 60.7 Å². The normalized spacial score (nSPS) is 11.7. The topological polar surface area (TPSA) is 48.5 Å². The SMILES string of the molecule is CCn1c2ccccc2c2cc(-n3c4ccccc4c4cccc(-c5nc(-c6ccccc6)nc(-c6ccccc6)n5)c43)ccc21. The number of aromatic nitrogens is 5. The Morgan fingerprint density at radius 2 is 1.00 bits per heavy atom. The predicted molar refractivity (Wildman–Crippen MR) is 189 cm³/mol. The molecule has 0 radical (unpaired) electrons. The maximum Gasteiger partial charge on any atom is 0.166 e. The van der Waals surface area contributed by atoms with Crippen molar-refractivity contribution in [3.8, 4) is 39.9 Å². The van der Waals surface area contributed by atoms with Gasteiger partial charge in [0.1, 0.15) is 0 Å². The summed E-state index contributed by atoms with van der Waals surface area (Å²) in [5.41, 5.74) is 8.68. The molecule has 0 spiro atoms. The molecule has 0 saturated heterocycles. The Hall–Kier alpha value is -6.07. The number of hydrogen-bond acceptors (Lipinski definition) is 3. The van der Waals surface area contributed by atoms with E-state index >= 15 is 0 Å². The fraction of sp³-hybridized carbons (Fsp3) is 0.0488. The average Bonchev–Trinajstić information content (AvgIpc) is 3.64. The first kappa shape index (κ1) is 26.3. The second-order valence-electron chi connectivity index (χ2n) is 11.6. The highest BCUT2D eigenvalue weighted by Crippen LogP contribution is 2.39. The summed E-state index contributed by atoms with van der Waals surface area (Å²) in [6.07, 6.45) is 0. The van der Waals surface area contributed by atoms with Crippen LogP contribution in [-0.4, -0.2) is 24.1 Å². The van der Waals surface area contributed by atoms with Crippen molar-refractivity contribution in [1.82, 2.24) is 24.1 Å². The number of benzene rings is 6. The van der Waals surface area contributed by atoms with Crippen molar-refractivity contribution in [1.29, 1.82) is 0 Å². The number of rotatable bonds is 5. The Labute approximate surface area is 266 Å². The molecule has 9 aromatic rings. The monoisotopic (exact) mass is 591 g/mol. The van der Waals surface area contributed by atoms with Crippen LogP contribution >= 0.6 is 0 Å². The van der Waals surface area contributed by atoms with Crippen LogP contribution in [0.25, 0.3) is 83.5 Å². The summed E-state index contributed by atoms with van der Waals surface area (Å²) in [6, 6.07) is 50.9. The van der Waals surface area contributed by atoms with E-state index < -0.39 is 0 Å². The van der Waals surface area contributed by atoms with Crippen molar-refractivity contribution in [3.63, 3.8) is 0 Å². The Morgan fingerprint density at radius 3 is 1.67 bits per heavy atom. The maximum absolute atomic E-state index is 5.12. The van der Waals surface area contributed by atoms with Gasteiger partial charge in [-0.1, -0.05) is 109 Å². The lowest BCUT2D eigenvalue weighted by Crippen LogP contribution is -2.02. The summed E-state index contributed by atoms with van der Waals surface area (Å²) in [6.45, 7) is 3.12. The fourth-order valence-corrected chi connectivity index (χ4v) is 6.92. The molecule has 0 bridgehead atoms. The van der Waals surface area contributed by atoms with Crippen LogP contribution in [0.4, 0.5) is 0 Å². The van der Waals surface area contributed by atoms with Crippen LogP contribution in [-0.2, 0) is 6.54 Å². The number of para-hydroxylation sites is 3. The van der Waals surface area contributed by atoms with Crippen molar-refractivity contribution in [2.45, 2.75) is 13.5 Å². The van der Waals surface area contributed by atoms with E-state index in [1.165, 1.54) is 27.2 Å². The molecular weight excluding hydrogens is 562 g/mol. The second kappa shape index (κ2) is 10.5. The number of nitrogens with zero attached hydrogens (tertiary/aromatic N) is 5. The van der Waals surface area contributed by atoms with Gasteiger partial charge in [-0.15, -0.1) is 0 Å². The molecule has 46 heavy (non-hydrogen) atoms. The van der Waals surface area contributed by atoms with E-state index in [2.05, 4.69) is 101 Å². The second-order valence-corrected chi connectivity index (χ2v) is 11.6. The molecule has 5 nitrogen and oxygen atoms in total. The third kappa shape index (κ3) is 4.06. The lowest BCUT2D eigenvalue weighted by molar-refractivity contribution is 0.827. The van der Waals surface area contributed by atoms with Crippen LogP contribution in [0.2, 0.25) is 0 Å². The molecule has 218 valence electrons. The van der Waals surface area contributed by atoms with Gasteiger partial charge in [0.15, 0.2) is 17.5 Å². The Bertz CT molecular complexity index is 2500. The van der Waals surface area contributed by atoms with Gasteiger partial charge in [0.2, 0.25) is 0 Å². The zero-order valence-electron chi connectivity index (χ0n) is 25.3. The molecule has 6 aromatic carbocycles. The van der Waals surface area contributed by atoms with Gasteiger partial charge >= 0.3 is 0 Å². The zero-order chi connectivity index (χ0) is 30.6. The van der Waals surface area contributed by atoms with E-state index in [4.69, 9.17) is 15.0 Å². The molecule has 0 aliphatic rings. The summed E-state index contributed by atoms with van der Waals surface area (Å²) in [4.78, 5) is 15.2. The fourth-order valence-electron chi connectivity index (χ4n) is 6.92. The van der Waals surface area contributed by atoms with Gasteiger partial charge in [0.25, 0.3) is 0 Å². The van der Waals surface area contributed by atoms with Crippen molar-refractivity contribution in [3.05, 3.63) is 146 Å². The van der Waals surface area contributed by atoms with Gasteiger partial charge in [-0.25, -0.2) is 15.0 Å². The van der Waals surface area contributed by atoms with Gasteiger partial charge in [-0.3, -0.25) is 0 Å². The first-order chi connectivity index (χ1) is 22.8. The van der Waals surface area contributed by atoms with Gasteiger partial charge in [0, 0.05) is 61.5 Å². The van der Waals surface area contributed by atoms with Crippen molar-refractivity contribution in [2.75, 3.05) is 0 Å². The van der Waals surface area contributed by atoms with Gasteiger partial charge < -0.3 is 9.13 Å². The molecule has 0 fully saturated rings. The summed E-state index contributed by atoms with van der Waals surface area (Å²) in [5, 5.41) is 4.86. The summed E-state index contributed by atoms with van der Waals surface area (Å²) >= 11 is 0. The van der Waals surface area contributed by atoms with E-state index in [0.29, 0.717) is 17.5 Å². The molecule has 9 rings (SSSR count). The van der Waals surface area contributed by atoms with Crippen molar-refractivity contribution in [2.24, 2.45) is 0 Å². The summed E-state index contributed by atoms with van der Waals surface area (Å²) in [7, 11) is 0. The maximum atomic E-state index is 5.12. The molecule has 0 amide bonds. The summed E-state index contributed by atoms with van der Waals surface area (Å²) in [5.74, 6) is 1.95. The minimum atomic E-state index is 0.644. The molecule has 0 aliphatic heterocycles. The highest BCUT2D eigenvalue weighted by atomic mass is 15.0. The van der Waals surface area contributed by atoms with Gasteiger partial charge in [-0.05, 0) is 43.3 Å². The predicted octanol–water partition coefficient (Wildman–Crippen LogP) is 10.1. The quantitative estimate of drug-likeness (QED) is 0.200. The highest BCUT2D eigenvalue weighted by Gasteiger charge is 2.20. The van der Waals surface area contributed by atoms with E-state index in [-0.39, 0.29) is 0 Å². The number of aryl methyl sites for hydroxylation is 1. The highest BCUT2D eigenvalue weighted by molar-refractivity contribution is 6.14. The van der Waals surface area contributed by atoms with E-state index in [0.717, 1.165) is 45.3 Å². The van der Waals surface area contributed by atoms with Crippen LogP contribution in [0.15, 0.2) is 146 Å². The largest absolute Gasteiger partial charge is 0.341 e. The lowest BCUT2D eigenvalue weighted by Gasteiger charge is -2.13. The number of hydrogen-bond donors (Lipinski definition) is 0. The standard InChI is InChI=1S/C41H29N5/c1-2-45-35-22-11-9-19-31(35)34-26-29(24-25-36(34)45)46-37-23-12-10-18-30(37)32-20-13-21-33(38(32)46)41-43-39(27-14-5-3-6-15-27)42-40(44-41)28-16-7-4-8-17-28/h3-26H,2H2,1H3. The van der Waals surface area contributed by atoms with Crippen LogP contribution in [0.5, 0.6) is 0 Å². The average molecular weight is 592 g/mol. The van der Waals surface area contributed by atoms with Gasteiger partial charge in [0.05, 0.1) is 11.0 Å². The Morgan fingerprint density at radius 1 is 0.457 bits per heavy atom. The smallest absolute Gasteiger partial charge is 0.166 e. The van der Waals surface area contributed by atoms with Gasteiger partial charge in [-0.2, -0.15) is 0 Å². The minimum absolute atomic E-state index is 0.644. The van der Waals surface area contributed by atoms with Crippen LogP contribution in [0.3, 0.4) is 0 Å². The zero-order valence-corrected chi connectivity index (χ0v) is 25.3. The molecule has 0 unspecified atom stereocenters. The molecule has 5 heteroatoms. The Balaban J connectivity index is 1.36. The molecule has 3 aromatic heterocycles. The number of fused-ring (bicyclic) bond motifs is 6. The molecule has 0 atom stereocenters. The first-order valence-electron chi connectivity index (χ1n) is 15.7. The lowest BCUT2D eigenvalue weighted by atomic mass is 10.1. The third-order valence-electron chi connectivity index (χ3n) is 8.97. The molecule has 0 aliphatic carbocycles. The van der Waals surface area contributed by atoms with E-state index in [1.54, 1.807) is 0 Å². The minimum Gasteiger partial charge on any atom is -0.341 e. The first-order valence-corrected chi connectivity index (χ1v) is 15.7. The third-order valence-corrected chi connectivity index (χ3v) is 8.97. The van der Waals surface area contributed by atoms with Crippen molar-refractivity contribution >= 4 is 43.6 Å². The van der Waals surface area contributed by atoms with Crippen LogP contribution < -0.4 is 0 Å².